The van der Waals surface area contributed by atoms with Crippen LogP contribution < -0.4 is 16.4 Å². The molecule has 7 heteroatoms. The predicted molar refractivity (Wildman–Crippen MR) is 114 cm³/mol. The van der Waals surface area contributed by atoms with Crippen molar-refractivity contribution in [1.82, 2.24) is 15.5 Å². The molecule has 2 atom stereocenters. The van der Waals surface area contributed by atoms with Gasteiger partial charge in [-0.05, 0) is 44.6 Å². The van der Waals surface area contributed by atoms with Gasteiger partial charge in [0.15, 0.2) is 0 Å². The zero-order valence-corrected chi connectivity index (χ0v) is 18.6. The molecule has 1 aliphatic rings. The molecule has 0 saturated carbocycles. The van der Waals surface area contributed by atoms with Gasteiger partial charge in [0.25, 0.3) is 0 Å². The van der Waals surface area contributed by atoms with Crippen LogP contribution in [0, 0.1) is 5.92 Å². The first-order valence-electron chi connectivity index (χ1n) is 10.8. The Kier molecular flexibility index (Phi) is 14.4. The largest absolute Gasteiger partial charge is 0.356 e. The summed E-state index contributed by atoms with van der Waals surface area (Å²) in [6.07, 6.45) is 6.44. The Morgan fingerprint density at radius 3 is 2.14 bits per heavy atom. The summed E-state index contributed by atoms with van der Waals surface area (Å²) in [7, 11) is 0. The second-order valence-corrected chi connectivity index (χ2v) is 7.49. The summed E-state index contributed by atoms with van der Waals surface area (Å²) in [6.45, 7) is 11.3. The van der Waals surface area contributed by atoms with Gasteiger partial charge >= 0.3 is 0 Å². The van der Waals surface area contributed by atoms with Crippen LogP contribution in [0.25, 0.3) is 0 Å². The minimum absolute atomic E-state index is 0.0113. The highest BCUT2D eigenvalue weighted by Crippen LogP contribution is 2.28. The van der Waals surface area contributed by atoms with Gasteiger partial charge in [-0.2, -0.15) is 0 Å². The molecule has 1 unspecified atom stereocenters. The van der Waals surface area contributed by atoms with E-state index in [2.05, 4.69) is 24.5 Å². The van der Waals surface area contributed by atoms with Gasteiger partial charge in [0.2, 0.25) is 17.7 Å². The van der Waals surface area contributed by atoms with Gasteiger partial charge in [0, 0.05) is 33.0 Å². The number of likely N-dealkylation sites (tertiary alicyclic amines) is 1. The van der Waals surface area contributed by atoms with Crippen LogP contribution in [0.3, 0.4) is 0 Å². The average Bonchev–Trinajstić information content (AvgIpc) is 3.06. The molecular weight excluding hydrogens is 356 g/mol. The number of unbranched alkanes of at least 4 members (excludes halogenated alkanes) is 1. The first kappa shape index (κ1) is 26.4. The van der Waals surface area contributed by atoms with Crippen molar-refractivity contribution in [2.45, 2.75) is 91.6 Å². The molecule has 164 valence electrons. The van der Waals surface area contributed by atoms with E-state index in [4.69, 9.17) is 5.73 Å². The number of rotatable bonds is 10. The van der Waals surface area contributed by atoms with Crippen LogP contribution in [0.1, 0.15) is 79.6 Å². The monoisotopic (exact) mass is 398 g/mol. The lowest BCUT2D eigenvalue weighted by Crippen LogP contribution is -2.48. The van der Waals surface area contributed by atoms with E-state index in [1.165, 1.54) is 6.92 Å². The van der Waals surface area contributed by atoms with Crippen LogP contribution in [-0.4, -0.2) is 54.3 Å². The molecule has 28 heavy (non-hydrogen) atoms. The van der Waals surface area contributed by atoms with Gasteiger partial charge in [-0.3, -0.25) is 14.4 Å². The first-order valence-corrected chi connectivity index (χ1v) is 10.8. The minimum atomic E-state index is -0.327. The fourth-order valence-electron chi connectivity index (χ4n) is 3.61. The lowest BCUT2D eigenvalue weighted by molar-refractivity contribution is -0.138. The summed E-state index contributed by atoms with van der Waals surface area (Å²) in [5.74, 6) is 0.455. The van der Waals surface area contributed by atoms with Crippen molar-refractivity contribution in [3.63, 3.8) is 0 Å². The summed E-state index contributed by atoms with van der Waals surface area (Å²) < 4.78 is 0. The molecule has 0 bridgehead atoms. The molecule has 7 nitrogen and oxygen atoms in total. The van der Waals surface area contributed by atoms with E-state index in [0.29, 0.717) is 19.0 Å². The number of nitrogens with one attached hydrogen (secondary N) is 2. The van der Waals surface area contributed by atoms with Gasteiger partial charge in [0.1, 0.15) is 6.04 Å². The Labute approximate surface area is 171 Å². The van der Waals surface area contributed by atoms with Crippen molar-refractivity contribution in [2.75, 3.05) is 19.6 Å². The number of nitrogens with two attached hydrogens (primary N) is 1. The fourth-order valence-corrected chi connectivity index (χ4v) is 3.61. The molecule has 0 aliphatic carbocycles. The predicted octanol–water partition coefficient (Wildman–Crippen LogP) is 2.19. The van der Waals surface area contributed by atoms with E-state index in [1.807, 2.05) is 6.92 Å². The van der Waals surface area contributed by atoms with E-state index in [1.54, 1.807) is 11.8 Å². The highest BCUT2D eigenvalue weighted by Gasteiger charge is 2.38. The van der Waals surface area contributed by atoms with Crippen LogP contribution >= 0.6 is 0 Å². The normalized spacial score (nSPS) is 18.5. The topological polar surface area (TPSA) is 105 Å². The van der Waals surface area contributed by atoms with Crippen molar-refractivity contribution in [3.05, 3.63) is 0 Å². The molecule has 0 aromatic carbocycles. The van der Waals surface area contributed by atoms with E-state index >= 15 is 0 Å². The van der Waals surface area contributed by atoms with Crippen molar-refractivity contribution < 1.29 is 14.4 Å². The second kappa shape index (κ2) is 15.3. The molecule has 0 radical (unpaired) electrons. The SMILES string of the molecule is CCC(CC)CNC(=O)[C@@H]1CCC(CCCCNC(C)=O)N1C(C)=O.CCN. The smallest absolute Gasteiger partial charge is 0.242 e. The molecule has 4 N–H and O–H groups in total. The Bertz CT molecular complexity index is 467. The maximum absolute atomic E-state index is 12.5. The number of amides is 3. The quantitative estimate of drug-likeness (QED) is 0.491. The van der Waals surface area contributed by atoms with Gasteiger partial charge in [-0.15, -0.1) is 0 Å². The highest BCUT2D eigenvalue weighted by atomic mass is 16.2. The van der Waals surface area contributed by atoms with Gasteiger partial charge < -0.3 is 21.3 Å². The summed E-state index contributed by atoms with van der Waals surface area (Å²) in [4.78, 5) is 37.3. The fraction of sp³-hybridized carbons (Fsp3) is 0.857. The van der Waals surface area contributed by atoms with E-state index in [-0.39, 0.29) is 29.8 Å². The number of nitrogens with zero attached hydrogens (tertiary/aromatic N) is 1. The van der Waals surface area contributed by atoms with E-state index in [0.717, 1.165) is 51.5 Å². The molecule has 1 aliphatic heterocycles. The van der Waals surface area contributed by atoms with Crippen molar-refractivity contribution in [3.8, 4) is 0 Å². The van der Waals surface area contributed by atoms with Gasteiger partial charge in [-0.25, -0.2) is 0 Å². The van der Waals surface area contributed by atoms with Crippen molar-refractivity contribution >= 4 is 17.7 Å². The van der Waals surface area contributed by atoms with Crippen LogP contribution in [0.5, 0.6) is 0 Å². The zero-order valence-electron chi connectivity index (χ0n) is 18.6. The molecule has 1 heterocycles. The Hall–Kier alpha value is -1.63. The number of hydrogen-bond acceptors (Lipinski definition) is 4. The minimum Gasteiger partial charge on any atom is -0.356 e. The average molecular weight is 399 g/mol. The summed E-state index contributed by atoms with van der Waals surface area (Å²) >= 11 is 0. The van der Waals surface area contributed by atoms with Crippen molar-refractivity contribution in [1.29, 1.82) is 0 Å². The maximum Gasteiger partial charge on any atom is 0.242 e. The van der Waals surface area contributed by atoms with Crippen LogP contribution in [-0.2, 0) is 14.4 Å². The third kappa shape index (κ3) is 10.1. The second-order valence-electron chi connectivity index (χ2n) is 7.49. The molecule has 0 spiro atoms. The maximum atomic E-state index is 12.5. The number of carbonyl (C=O) groups excluding carboxylic acids is 3. The summed E-state index contributed by atoms with van der Waals surface area (Å²) in [6, 6.07) is -0.189. The van der Waals surface area contributed by atoms with Crippen LogP contribution in [0.15, 0.2) is 0 Å². The lowest BCUT2D eigenvalue weighted by Gasteiger charge is -2.29. The molecule has 1 saturated heterocycles. The van der Waals surface area contributed by atoms with Crippen LogP contribution in [0.4, 0.5) is 0 Å². The number of carbonyl (C=O) groups is 3. The highest BCUT2D eigenvalue weighted by molar-refractivity contribution is 5.87. The Morgan fingerprint density at radius 2 is 1.64 bits per heavy atom. The molecular formula is C21H42N4O3. The van der Waals surface area contributed by atoms with E-state index < -0.39 is 0 Å². The Balaban J connectivity index is 0.00000227. The van der Waals surface area contributed by atoms with Gasteiger partial charge in [0.05, 0.1) is 0 Å². The summed E-state index contributed by atoms with van der Waals surface area (Å²) in [5, 5.41) is 5.83. The Morgan fingerprint density at radius 1 is 1.04 bits per heavy atom. The molecule has 0 aromatic rings. The molecule has 1 rings (SSSR count). The molecule has 1 fully saturated rings. The zero-order chi connectivity index (χ0) is 21.5. The number of hydrogen-bond donors (Lipinski definition) is 3. The van der Waals surface area contributed by atoms with Crippen molar-refractivity contribution in [2.24, 2.45) is 11.7 Å². The summed E-state index contributed by atoms with van der Waals surface area (Å²) in [5.41, 5.74) is 4.85. The molecule has 0 aromatic heterocycles. The van der Waals surface area contributed by atoms with Gasteiger partial charge in [-0.1, -0.05) is 33.6 Å². The van der Waals surface area contributed by atoms with Crippen LogP contribution in [0.2, 0.25) is 0 Å². The lowest BCUT2D eigenvalue weighted by atomic mass is 10.0. The molecule has 3 amide bonds. The third-order valence-electron chi connectivity index (χ3n) is 5.23. The first-order chi connectivity index (χ1) is 13.3. The van der Waals surface area contributed by atoms with E-state index in [9.17, 15) is 14.4 Å². The standard InChI is InChI=1S/C19H35N3O3.C2H7N/c1-5-16(6-2)13-21-19(25)18-11-10-17(22(18)15(4)24)9-7-8-12-20-14(3)23;1-2-3/h16-18H,5-13H2,1-4H3,(H,20,23)(H,21,25);2-3H2,1H3/t17?,18-;/m0./s1. The third-order valence-corrected chi connectivity index (χ3v) is 5.23.